The normalized spacial score (nSPS) is 10.8. The van der Waals surface area contributed by atoms with Crippen molar-refractivity contribution >= 4 is 23.5 Å². The fourth-order valence-corrected chi connectivity index (χ4v) is 2.95. The maximum Gasteiger partial charge on any atom is 0.277 e. The largest absolute Gasteiger partial charge is 0.483 e. The van der Waals surface area contributed by atoms with Gasteiger partial charge in [-0.25, -0.2) is 5.43 Å². The summed E-state index contributed by atoms with van der Waals surface area (Å²) in [6, 6.07) is 12.0. The van der Waals surface area contributed by atoms with E-state index < -0.39 is 15.8 Å². The Bertz CT molecular complexity index is 1190. The third-order valence-corrected chi connectivity index (χ3v) is 4.35. The van der Waals surface area contributed by atoms with Gasteiger partial charge in [0.2, 0.25) is 0 Å². The molecule has 1 N–H and O–H groups in total. The number of benzene rings is 2. The number of ether oxygens (including phenoxy) is 1. The van der Waals surface area contributed by atoms with Crippen LogP contribution in [0, 0.1) is 34.1 Å². The van der Waals surface area contributed by atoms with Crippen LogP contribution in [0.4, 0.5) is 11.4 Å². The van der Waals surface area contributed by atoms with E-state index in [9.17, 15) is 25.0 Å². The van der Waals surface area contributed by atoms with Gasteiger partial charge in [0.15, 0.2) is 6.61 Å². The van der Waals surface area contributed by atoms with E-state index in [-0.39, 0.29) is 18.0 Å². The molecule has 11 nitrogen and oxygen atoms in total. The van der Waals surface area contributed by atoms with E-state index >= 15 is 0 Å². The topological polar surface area (TPSA) is 150 Å². The van der Waals surface area contributed by atoms with Gasteiger partial charge in [0.1, 0.15) is 17.3 Å². The van der Waals surface area contributed by atoms with Crippen LogP contribution >= 0.6 is 0 Å². The average molecular weight is 438 g/mol. The highest BCUT2D eigenvalue weighted by molar-refractivity contribution is 5.81. The number of non-ortho nitro benzene ring substituents is 2. The first-order valence-electron chi connectivity index (χ1n) is 9.29. The van der Waals surface area contributed by atoms with E-state index in [2.05, 4.69) is 10.5 Å². The van der Waals surface area contributed by atoms with Crippen LogP contribution in [-0.4, -0.2) is 28.6 Å². The summed E-state index contributed by atoms with van der Waals surface area (Å²) < 4.78 is 11.0. The quantitative estimate of drug-likeness (QED) is 0.318. The molecule has 0 aliphatic heterocycles. The Labute approximate surface area is 181 Å². The Kier molecular flexibility index (Phi) is 6.59. The molecule has 3 aromatic rings. The predicted molar refractivity (Wildman–Crippen MR) is 115 cm³/mol. The van der Waals surface area contributed by atoms with E-state index in [1.807, 2.05) is 0 Å². The van der Waals surface area contributed by atoms with Crippen LogP contribution in [-0.2, 0) is 4.79 Å². The molecule has 1 aromatic heterocycles. The molecule has 0 radical (unpaired) electrons. The summed E-state index contributed by atoms with van der Waals surface area (Å²) >= 11 is 0. The number of nitro benzene ring substituents is 2. The van der Waals surface area contributed by atoms with Gasteiger partial charge in [-0.05, 0) is 37.1 Å². The molecule has 2 aromatic carbocycles. The van der Waals surface area contributed by atoms with Crippen molar-refractivity contribution in [1.82, 2.24) is 5.43 Å². The lowest BCUT2D eigenvalue weighted by Gasteiger charge is -2.11. The molecule has 0 saturated heterocycles. The van der Waals surface area contributed by atoms with Crippen LogP contribution in [0.3, 0.4) is 0 Å². The molecule has 164 valence electrons. The lowest BCUT2D eigenvalue weighted by atomic mass is 10.1. The van der Waals surface area contributed by atoms with Crippen molar-refractivity contribution in [3.63, 3.8) is 0 Å². The molecule has 1 amide bonds. The van der Waals surface area contributed by atoms with Crippen molar-refractivity contribution in [2.24, 2.45) is 5.10 Å². The number of hydrogen-bond acceptors (Lipinski definition) is 8. The first-order valence-corrected chi connectivity index (χ1v) is 9.29. The summed E-state index contributed by atoms with van der Waals surface area (Å²) in [5.41, 5.74) is 3.79. The minimum atomic E-state index is -0.538. The molecule has 0 fully saturated rings. The molecule has 0 aliphatic rings. The van der Waals surface area contributed by atoms with E-state index in [1.54, 1.807) is 38.1 Å². The predicted octanol–water partition coefficient (Wildman–Crippen LogP) is 3.91. The molecule has 0 bridgehead atoms. The lowest BCUT2D eigenvalue weighted by Crippen LogP contribution is -2.25. The third-order valence-electron chi connectivity index (χ3n) is 4.35. The first-order chi connectivity index (χ1) is 15.2. The van der Waals surface area contributed by atoms with Crippen LogP contribution in [0.1, 0.15) is 16.9 Å². The molecule has 3 rings (SSSR count). The third kappa shape index (κ3) is 5.33. The van der Waals surface area contributed by atoms with Crippen LogP contribution < -0.4 is 10.2 Å². The van der Waals surface area contributed by atoms with Gasteiger partial charge in [0.05, 0.1) is 16.1 Å². The van der Waals surface area contributed by atoms with Crippen molar-refractivity contribution in [2.75, 3.05) is 6.61 Å². The Morgan fingerprint density at radius 1 is 1.06 bits per heavy atom. The van der Waals surface area contributed by atoms with Crippen molar-refractivity contribution in [2.45, 2.75) is 13.8 Å². The summed E-state index contributed by atoms with van der Waals surface area (Å²) in [6.07, 6.45) is 1.28. The number of aryl methyl sites for hydroxylation is 2. The number of nitrogens with zero attached hydrogens (tertiary/aromatic N) is 3. The highest BCUT2D eigenvalue weighted by Gasteiger charge is 2.14. The number of carbonyl (C=O) groups is 1. The molecule has 0 atom stereocenters. The van der Waals surface area contributed by atoms with Gasteiger partial charge in [-0.2, -0.15) is 5.10 Å². The number of carbonyl (C=O) groups excluding carboxylic acids is 1. The molecule has 0 aliphatic carbocycles. The molecule has 0 saturated carbocycles. The fourth-order valence-electron chi connectivity index (χ4n) is 2.95. The number of rotatable bonds is 8. The van der Waals surface area contributed by atoms with Gasteiger partial charge >= 0.3 is 0 Å². The smallest absolute Gasteiger partial charge is 0.277 e. The van der Waals surface area contributed by atoms with Gasteiger partial charge in [-0.3, -0.25) is 25.0 Å². The second kappa shape index (κ2) is 9.51. The molecule has 0 spiro atoms. The zero-order valence-electron chi connectivity index (χ0n) is 17.1. The van der Waals surface area contributed by atoms with E-state index in [0.29, 0.717) is 34.0 Å². The van der Waals surface area contributed by atoms with Crippen LogP contribution in [0.5, 0.6) is 5.75 Å². The van der Waals surface area contributed by atoms with Gasteiger partial charge in [0.25, 0.3) is 17.3 Å². The number of hydrazone groups is 1. The maximum absolute atomic E-state index is 12.0. The summed E-state index contributed by atoms with van der Waals surface area (Å²) in [5, 5.41) is 25.6. The second-order valence-corrected chi connectivity index (χ2v) is 6.76. The summed E-state index contributed by atoms with van der Waals surface area (Å²) in [6.45, 7) is 2.97. The number of nitro groups is 2. The Morgan fingerprint density at radius 2 is 1.75 bits per heavy atom. The number of hydrogen-bond donors (Lipinski definition) is 1. The summed E-state index contributed by atoms with van der Waals surface area (Å²) in [4.78, 5) is 32.8. The number of nitrogens with one attached hydrogen (secondary N) is 1. The molecule has 11 heteroatoms. The van der Waals surface area contributed by atoms with Gasteiger partial charge < -0.3 is 9.15 Å². The van der Waals surface area contributed by atoms with Gasteiger partial charge in [0, 0.05) is 29.8 Å². The fraction of sp³-hybridized carbons (Fsp3) is 0.143. The van der Waals surface area contributed by atoms with Crippen molar-refractivity contribution in [1.29, 1.82) is 0 Å². The van der Waals surface area contributed by atoms with Crippen molar-refractivity contribution < 1.29 is 23.8 Å². The minimum absolute atomic E-state index is 0.0515. The second-order valence-electron chi connectivity index (χ2n) is 6.76. The van der Waals surface area contributed by atoms with Gasteiger partial charge in [-0.1, -0.05) is 12.1 Å². The zero-order chi connectivity index (χ0) is 23.3. The Hall–Kier alpha value is -4.54. The molecule has 32 heavy (non-hydrogen) atoms. The molecule has 1 heterocycles. The van der Waals surface area contributed by atoms with E-state index in [0.717, 1.165) is 0 Å². The monoisotopic (exact) mass is 438 g/mol. The average Bonchev–Trinajstić information content (AvgIpc) is 3.22. The first kappa shape index (κ1) is 22.2. The maximum atomic E-state index is 12.0. The van der Waals surface area contributed by atoms with Crippen LogP contribution in [0.15, 0.2) is 58.0 Å². The highest BCUT2D eigenvalue weighted by Crippen LogP contribution is 2.28. The highest BCUT2D eigenvalue weighted by atomic mass is 16.6. The van der Waals surface area contributed by atoms with E-state index in [1.165, 1.54) is 30.5 Å². The summed E-state index contributed by atoms with van der Waals surface area (Å²) in [5.74, 6) is 0.593. The zero-order valence-corrected chi connectivity index (χ0v) is 17.1. The van der Waals surface area contributed by atoms with Crippen molar-refractivity contribution in [3.8, 4) is 17.1 Å². The van der Waals surface area contributed by atoms with Crippen LogP contribution in [0.2, 0.25) is 0 Å². The Morgan fingerprint density at radius 3 is 2.41 bits per heavy atom. The summed E-state index contributed by atoms with van der Waals surface area (Å²) in [7, 11) is 0. The Balaban J connectivity index is 1.57. The number of furan rings is 1. The van der Waals surface area contributed by atoms with Gasteiger partial charge in [-0.15, -0.1) is 0 Å². The van der Waals surface area contributed by atoms with Crippen molar-refractivity contribution in [3.05, 3.63) is 85.6 Å². The number of amides is 1. The lowest BCUT2D eigenvalue weighted by molar-refractivity contribution is -0.385. The molecular formula is C21H18N4O7. The molecule has 0 unspecified atom stereocenters. The van der Waals surface area contributed by atoms with E-state index in [4.69, 9.17) is 9.15 Å². The SMILES string of the molecule is Cc1cc([N+](=O)[O-])cc(C)c1OCC(=O)NN=Cc1ccc(-c2cccc([N+](=O)[O-])c2)o1. The molecular weight excluding hydrogens is 420 g/mol. The minimum Gasteiger partial charge on any atom is -0.483 e. The van der Waals surface area contributed by atoms with Crippen LogP contribution in [0.25, 0.3) is 11.3 Å². The standard InChI is InChI=1S/C21H18N4O7/c1-13-8-17(25(29)30)9-14(2)21(13)31-12-20(26)23-22-11-18-6-7-19(32-18)15-4-3-5-16(10-15)24(27)28/h3-11H,12H2,1-2H3,(H,23,26).